The van der Waals surface area contributed by atoms with Gasteiger partial charge in [0.1, 0.15) is 0 Å². The van der Waals surface area contributed by atoms with Gasteiger partial charge in [-0.2, -0.15) is 0 Å². The molecule has 2 N–H and O–H groups in total. The van der Waals surface area contributed by atoms with Crippen molar-refractivity contribution in [2.24, 2.45) is 0 Å². The zero-order valence-electron chi connectivity index (χ0n) is 11.5. The highest BCUT2D eigenvalue weighted by Crippen LogP contribution is 2.18. The Morgan fingerprint density at radius 2 is 2.20 bits per heavy atom. The Labute approximate surface area is 117 Å². The summed E-state index contributed by atoms with van der Waals surface area (Å²) in [6.45, 7) is 3.65. The van der Waals surface area contributed by atoms with Crippen LogP contribution in [-0.4, -0.2) is 30.0 Å². The minimum absolute atomic E-state index is 0.0525. The van der Waals surface area contributed by atoms with Gasteiger partial charge in [0, 0.05) is 23.7 Å². The van der Waals surface area contributed by atoms with Gasteiger partial charge >= 0.3 is 0 Å². The quantitative estimate of drug-likeness (QED) is 0.651. The highest BCUT2D eigenvalue weighted by atomic mass is 16.6. The number of nitrogens with one attached hydrogen (secondary N) is 2. The Hall–Kier alpha value is -1.95. The second-order valence-electron chi connectivity index (χ2n) is 5.11. The van der Waals surface area contributed by atoms with Gasteiger partial charge in [0.15, 0.2) is 0 Å². The summed E-state index contributed by atoms with van der Waals surface area (Å²) in [5.41, 5.74) is 1.08. The fourth-order valence-electron chi connectivity index (χ4n) is 2.39. The van der Waals surface area contributed by atoms with E-state index in [9.17, 15) is 14.9 Å². The molecule has 6 nitrogen and oxygen atoms in total. The number of carbonyl (C=O) groups excluding carboxylic acids is 1. The molecular formula is C14H19N3O3. The minimum atomic E-state index is -0.480. The van der Waals surface area contributed by atoms with Crippen LogP contribution in [0.5, 0.6) is 0 Å². The lowest BCUT2D eigenvalue weighted by Gasteiger charge is -2.16. The van der Waals surface area contributed by atoms with Crippen molar-refractivity contribution in [3.63, 3.8) is 0 Å². The van der Waals surface area contributed by atoms with E-state index in [4.69, 9.17) is 0 Å². The van der Waals surface area contributed by atoms with Gasteiger partial charge in [-0.1, -0.05) is 6.07 Å². The van der Waals surface area contributed by atoms with Crippen molar-refractivity contribution in [2.45, 2.75) is 32.2 Å². The van der Waals surface area contributed by atoms with E-state index in [2.05, 4.69) is 10.6 Å². The summed E-state index contributed by atoms with van der Waals surface area (Å²) in [6, 6.07) is 4.51. The number of amides is 1. The molecule has 1 fully saturated rings. The van der Waals surface area contributed by atoms with Crippen LogP contribution in [0.4, 0.5) is 5.69 Å². The largest absolute Gasteiger partial charge is 0.349 e. The van der Waals surface area contributed by atoms with Crippen molar-refractivity contribution < 1.29 is 9.72 Å². The fraction of sp³-hybridized carbons (Fsp3) is 0.500. The summed E-state index contributed by atoms with van der Waals surface area (Å²) in [5, 5.41) is 17.1. The average Bonchev–Trinajstić information content (AvgIpc) is 2.67. The van der Waals surface area contributed by atoms with E-state index in [0.717, 1.165) is 37.9 Å². The molecule has 1 saturated heterocycles. The number of carbonyl (C=O) groups is 1. The number of hydrogen-bond donors (Lipinski definition) is 2. The number of non-ortho nitro benzene ring substituents is 1. The van der Waals surface area contributed by atoms with Crippen molar-refractivity contribution in [3.8, 4) is 0 Å². The Morgan fingerprint density at radius 3 is 2.95 bits per heavy atom. The number of nitro benzene ring substituents is 1. The van der Waals surface area contributed by atoms with Gasteiger partial charge < -0.3 is 10.6 Å². The Kier molecular flexibility index (Phi) is 4.68. The molecule has 1 heterocycles. The lowest BCUT2D eigenvalue weighted by Crippen LogP contribution is -2.35. The second-order valence-corrected chi connectivity index (χ2v) is 5.11. The average molecular weight is 277 g/mol. The molecule has 20 heavy (non-hydrogen) atoms. The highest BCUT2D eigenvalue weighted by Gasteiger charge is 2.18. The predicted octanol–water partition coefficient (Wildman–Crippen LogP) is 1.78. The number of hydrogen-bond acceptors (Lipinski definition) is 4. The van der Waals surface area contributed by atoms with Gasteiger partial charge in [0.05, 0.1) is 4.92 Å². The van der Waals surface area contributed by atoms with Crippen LogP contribution in [0.3, 0.4) is 0 Å². The van der Waals surface area contributed by atoms with Crippen LogP contribution in [0.1, 0.15) is 35.2 Å². The van der Waals surface area contributed by atoms with Crippen molar-refractivity contribution >= 4 is 11.6 Å². The van der Waals surface area contributed by atoms with E-state index >= 15 is 0 Å². The molecule has 0 aliphatic carbocycles. The van der Waals surface area contributed by atoms with Gasteiger partial charge in [-0.3, -0.25) is 14.9 Å². The number of rotatable bonds is 3. The van der Waals surface area contributed by atoms with Crippen LogP contribution < -0.4 is 10.6 Å². The maximum Gasteiger partial charge on any atom is 0.270 e. The van der Waals surface area contributed by atoms with Gasteiger partial charge in [-0.05, 0) is 44.8 Å². The number of aryl methyl sites for hydroxylation is 1. The molecule has 0 radical (unpaired) electrons. The van der Waals surface area contributed by atoms with Crippen molar-refractivity contribution in [2.75, 3.05) is 13.1 Å². The molecule has 1 aliphatic rings. The molecule has 1 atom stereocenters. The van der Waals surface area contributed by atoms with Crippen LogP contribution >= 0.6 is 0 Å². The first-order valence-electron chi connectivity index (χ1n) is 6.84. The van der Waals surface area contributed by atoms with E-state index < -0.39 is 4.92 Å². The number of benzene rings is 1. The maximum absolute atomic E-state index is 12.3. The van der Waals surface area contributed by atoms with Crippen LogP contribution in [0.15, 0.2) is 18.2 Å². The third-order valence-electron chi connectivity index (χ3n) is 3.59. The van der Waals surface area contributed by atoms with E-state index in [-0.39, 0.29) is 17.6 Å². The first-order valence-corrected chi connectivity index (χ1v) is 6.84. The molecule has 2 rings (SSSR count). The molecule has 1 aromatic rings. The van der Waals surface area contributed by atoms with Crippen LogP contribution in [-0.2, 0) is 0 Å². The normalized spacial score (nSPS) is 19.1. The van der Waals surface area contributed by atoms with Gasteiger partial charge in [-0.15, -0.1) is 0 Å². The third kappa shape index (κ3) is 3.54. The molecule has 108 valence electrons. The molecule has 1 amide bonds. The molecule has 1 aliphatic heterocycles. The molecule has 0 saturated carbocycles. The fourth-order valence-corrected chi connectivity index (χ4v) is 2.39. The summed E-state index contributed by atoms with van der Waals surface area (Å²) in [6.07, 6.45) is 2.85. The molecule has 6 heteroatoms. The smallest absolute Gasteiger partial charge is 0.270 e. The van der Waals surface area contributed by atoms with Crippen molar-refractivity contribution in [1.29, 1.82) is 0 Å². The first kappa shape index (κ1) is 14.5. The lowest BCUT2D eigenvalue weighted by molar-refractivity contribution is -0.384. The van der Waals surface area contributed by atoms with E-state index in [1.807, 2.05) is 0 Å². The maximum atomic E-state index is 12.3. The Bertz CT molecular complexity index is 508. The molecule has 1 aromatic carbocycles. The van der Waals surface area contributed by atoms with Crippen molar-refractivity contribution in [3.05, 3.63) is 39.4 Å². The summed E-state index contributed by atoms with van der Waals surface area (Å²) < 4.78 is 0. The molecule has 1 unspecified atom stereocenters. The zero-order valence-corrected chi connectivity index (χ0v) is 11.5. The minimum Gasteiger partial charge on any atom is -0.349 e. The van der Waals surface area contributed by atoms with Gasteiger partial charge in [0.25, 0.3) is 11.6 Å². The van der Waals surface area contributed by atoms with Gasteiger partial charge in [0.2, 0.25) is 0 Å². The number of nitrogens with zero attached hydrogens (tertiary/aromatic N) is 1. The van der Waals surface area contributed by atoms with E-state index in [0.29, 0.717) is 5.56 Å². The monoisotopic (exact) mass is 277 g/mol. The molecular weight excluding hydrogens is 258 g/mol. The first-order chi connectivity index (χ1) is 9.58. The molecule has 0 aromatic heterocycles. The standard InChI is InChI=1S/C14H19N3O3/c1-10-4-5-12(17(19)20)9-13(10)14(18)16-11-3-2-7-15-8-6-11/h4-5,9,11,15H,2-3,6-8H2,1H3,(H,16,18). The summed E-state index contributed by atoms with van der Waals surface area (Å²) in [7, 11) is 0. The summed E-state index contributed by atoms with van der Waals surface area (Å²) in [4.78, 5) is 22.6. The summed E-state index contributed by atoms with van der Waals surface area (Å²) in [5.74, 6) is -0.224. The summed E-state index contributed by atoms with van der Waals surface area (Å²) >= 11 is 0. The van der Waals surface area contributed by atoms with E-state index in [1.54, 1.807) is 13.0 Å². The van der Waals surface area contributed by atoms with Crippen molar-refractivity contribution in [1.82, 2.24) is 10.6 Å². The highest BCUT2D eigenvalue weighted by molar-refractivity contribution is 5.96. The van der Waals surface area contributed by atoms with Gasteiger partial charge in [-0.25, -0.2) is 0 Å². The topological polar surface area (TPSA) is 84.3 Å². The van der Waals surface area contributed by atoms with Crippen LogP contribution in [0, 0.1) is 17.0 Å². The van der Waals surface area contributed by atoms with Crippen LogP contribution in [0.2, 0.25) is 0 Å². The predicted molar refractivity (Wildman–Crippen MR) is 75.8 cm³/mol. The lowest BCUT2D eigenvalue weighted by atomic mass is 10.0. The Balaban J connectivity index is 2.11. The molecule has 0 bridgehead atoms. The van der Waals surface area contributed by atoms with Crippen LogP contribution in [0.25, 0.3) is 0 Å². The number of nitro groups is 1. The Morgan fingerprint density at radius 1 is 1.40 bits per heavy atom. The SMILES string of the molecule is Cc1ccc([N+](=O)[O-])cc1C(=O)NC1CCCNCC1. The zero-order chi connectivity index (χ0) is 14.5. The third-order valence-corrected chi connectivity index (χ3v) is 3.59. The second kappa shape index (κ2) is 6.47. The van der Waals surface area contributed by atoms with E-state index in [1.165, 1.54) is 12.1 Å². The molecule has 0 spiro atoms.